The van der Waals surface area contributed by atoms with Gasteiger partial charge in [0.05, 0.1) is 12.6 Å². The molecule has 0 aliphatic carbocycles. The van der Waals surface area contributed by atoms with Crippen LogP contribution in [0.2, 0.25) is 0 Å². The van der Waals surface area contributed by atoms with Crippen molar-refractivity contribution in [3.05, 3.63) is 29.8 Å². The summed E-state index contributed by atoms with van der Waals surface area (Å²) in [6.07, 6.45) is 1.40. The lowest BCUT2D eigenvalue weighted by molar-refractivity contribution is -0.122. The van der Waals surface area contributed by atoms with Crippen LogP contribution >= 0.6 is 13.5 Å². The summed E-state index contributed by atoms with van der Waals surface area (Å²) >= 11 is 0. The monoisotopic (exact) mass is 266 g/mol. The summed E-state index contributed by atoms with van der Waals surface area (Å²) in [5.41, 5.74) is 7.72. The third kappa shape index (κ3) is 2.91. The number of anilines is 1. The van der Waals surface area contributed by atoms with Crippen LogP contribution in [0.1, 0.15) is 18.9 Å². The zero-order chi connectivity index (χ0) is 12.4. The predicted molar refractivity (Wildman–Crippen MR) is 76.2 cm³/mol. The number of ketones is 1. The lowest BCUT2D eigenvalue weighted by Crippen LogP contribution is -2.44. The van der Waals surface area contributed by atoms with E-state index in [1.165, 1.54) is 11.8 Å². The molecule has 2 N–H and O–H groups in total. The van der Waals surface area contributed by atoms with Crippen LogP contribution in [0, 0.1) is 0 Å². The molecule has 4 nitrogen and oxygen atoms in total. The van der Waals surface area contributed by atoms with E-state index in [4.69, 9.17) is 5.73 Å². The molecule has 1 aliphatic heterocycles. The van der Waals surface area contributed by atoms with E-state index in [0.29, 0.717) is 6.42 Å². The largest absolute Gasteiger partial charge is 0.320 e. The molecule has 0 spiro atoms. The zero-order valence-electron chi connectivity index (χ0n) is 10.3. The minimum Gasteiger partial charge on any atom is -0.320 e. The first-order valence-electron chi connectivity index (χ1n) is 5.74. The normalized spacial score (nSPS) is 18.7. The Morgan fingerprint density at radius 1 is 1.44 bits per heavy atom. The fourth-order valence-electron chi connectivity index (χ4n) is 2.12. The Kier molecular flexibility index (Phi) is 4.93. The van der Waals surface area contributed by atoms with Crippen molar-refractivity contribution in [2.45, 2.75) is 25.8 Å². The molecule has 0 fully saturated rings. The predicted octanol–water partition coefficient (Wildman–Crippen LogP) is 0.995. The summed E-state index contributed by atoms with van der Waals surface area (Å²) in [5, 5.41) is 0. The van der Waals surface area contributed by atoms with Crippen molar-refractivity contribution in [3.8, 4) is 0 Å². The quantitative estimate of drug-likeness (QED) is 0.868. The standard InChI is InChI=1S/C13H16N2O2.H2S/c1-9(16)8-15-12-5-3-2-4-10(12)6-7-11(14)13(15)17;/h2-5,11H,6-8,14H2,1H3;1H2/t11-;/m0./s1. The number of hydrogen-bond acceptors (Lipinski definition) is 3. The van der Waals surface area contributed by atoms with E-state index >= 15 is 0 Å². The first kappa shape index (κ1) is 14.7. The van der Waals surface area contributed by atoms with Gasteiger partial charge < -0.3 is 10.6 Å². The van der Waals surface area contributed by atoms with Crippen molar-refractivity contribution in [1.29, 1.82) is 0 Å². The highest BCUT2D eigenvalue weighted by Gasteiger charge is 2.28. The minimum absolute atomic E-state index is 0. The molecule has 1 amide bonds. The SMILES string of the molecule is CC(=O)CN1C(=O)[C@@H](N)CCc2ccccc21.S. The number of benzene rings is 1. The molecule has 1 aromatic carbocycles. The molecule has 1 aromatic rings. The molecular formula is C13H18N2O2S. The molecule has 5 heteroatoms. The van der Waals surface area contributed by atoms with Gasteiger partial charge in [0.1, 0.15) is 5.78 Å². The zero-order valence-corrected chi connectivity index (χ0v) is 11.3. The number of fused-ring (bicyclic) bond motifs is 1. The molecule has 0 saturated carbocycles. The van der Waals surface area contributed by atoms with Gasteiger partial charge in [0.2, 0.25) is 5.91 Å². The maximum absolute atomic E-state index is 12.1. The third-order valence-electron chi connectivity index (χ3n) is 2.97. The van der Waals surface area contributed by atoms with Crippen LogP contribution in [-0.2, 0) is 16.0 Å². The fourth-order valence-corrected chi connectivity index (χ4v) is 2.12. The second-order valence-electron chi connectivity index (χ2n) is 4.40. The number of aryl methyl sites for hydroxylation is 1. The fraction of sp³-hybridized carbons (Fsp3) is 0.385. The summed E-state index contributed by atoms with van der Waals surface area (Å²) in [6, 6.07) is 7.14. The number of carbonyl (C=O) groups is 2. The van der Waals surface area contributed by atoms with Crippen LogP contribution < -0.4 is 10.6 Å². The van der Waals surface area contributed by atoms with Gasteiger partial charge in [-0.15, -0.1) is 0 Å². The second-order valence-corrected chi connectivity index (χ2v) is 4.40. The Balaban J connectivity index is 0.00000162. The Bertz CT molecular complexity index is 462. The van der Waals surface area contributed by atoms with E-state index in [1.54, 1.807) is 0 Å². The number of amides is 1. The van der Waals surface area contributed by atoms with E-state index in [9.17, 15) is 9.59 Å². The smallest absolute Gasteiger partial charge is 0.244 e. The van der Waals surface area contributed by atoms with E-state index in [1.807, 2.05) is 24.3 Å². The Hall–Kier alpha value is -1.33. The van der Waals surface area contributed by atoms with Gasteiger partial charge in [-0.25, -0.2) is 0 Å². The summed E-state index contributed by atoms with van der Waals surface area (Å²) in [6.45, 7) is 1.58. The van der Waals surface area contributed by atoms with Crippen LogP contribution in [0.25, 0.3) is 0 Å². The van der Waals surface area contributed by atoms with Crippen LogP contribution in [0.15, 0.2) is 24.3 Å². The number of Topliss-reactive ketones (excluding diaryl/α,β-unsaturated/α-hetero) is 1. The van der Waals surface area contributed by atoms with E-state index < -0.39 is 6.04 Å². The molecule has 1 atom stereocenters. The first-order chi connectivity index (χ1) is 8.09. The summed E-state index contributed by atoms with van der Waals surface area (Å²) in [7, 11) is 0. The van der Waals surface area contributed by atoms with Gasteiger partial charge in [0.15, 0.2) is 0 Å². The maximum Gasteiger partial charge on any atom is 0.244 e. The van der Waals surface area contributed by atoms with Crippen LogP contribution in [-0.4, -0.2) is 24.3 Å². The molecule has 0 saturated heterocycles. The van der Waals surface area contributed by atoms with Gasteiger partial charge >= 0.3 is 0 Å². The highest BCUT2D eigenvalue weighted by Crippen LogP contribution is 2.26. The minimum atomic E-state index is -0.512. The van der Waals surface area contributed by atoms with Crippen LogP contribution in [0.5, 0.6) is 0 Å². The Morgan fingerprint density at radius 3 is 2.78 bits per heavy atom. The van der Waals surface area contributed by atoms with Crippen molar-refractivity contribution < 1.29 is 9.59 Å². The van der Waals surface area contributed by atoms with Gasteiger partial charge in [0, 0.05) is 5.69 Å². The molecule has 18 heavy (non-hydrogen) atoms. The average Bonchev–Trinajstić information content (AvgIpc) is 2.42. The van der Waals surface area contributed by atoms with Crippen molar-refractivity contribution >= 4 is 30.9 Å². The van der Waals surface area contributed by atoms with E-state index in [-0.39, 0.29) is 31.7 Å². The number of carbonyl (C=O) groups excluding carboxylic acids is 2. The third-order valence-corrected chi connectivity index (χ3v) is 2.97. The van der Waals surface area contributed by atoms with Crippen molar-refractivity contribution in [3.63, 3.8) is 0 Å². The molecular weight excluding hydrogens is 248 g/mol. The van der Waals surface area contributed by atoms with Crippen molar-refractivity contribution in [2.24, 2.45) is 5.73 Å². The molecule has 1 heterocycles. The summed E-state index contributed by atoms with van der Waals surface area (Å²) in [4.78, 5) is 24.9. The molecule has 0 unspecified atom stereocenters. The molecule has 98 valence electrons. The number of para-hydroxylation sites is 1. The average molecular weight is 266 g/mol. The van der Waals surface area contributed by atoms with Gasteiger partial charge in [-0.2, -0.15) is 13.5 Å². The Labute approximate surface area is 114 Å². The summed E-state index contributed by atoms with van der Waals surface area (Å²) < 4.78 is 0. The number of hydrogen-bond donors (Lipinski definition) is 1. The van der Waals surface area contributed by atoms with Gasteiger partial charge in [-0.3, -0.25) is 9.59 Å². The highest BCUT2D eigenvalue weighted by molar-refractivity contribution is 7.59. The van der Waals surface area contributed by atoms with Crippen LogP contribution in [0.3, 0.4) is 0 Å². The second kappa shape index (κ2) is 6.02. The number of nitrogens with two attached hydrogens (primary N) is 1. The van der Waals surface area contributed by atoms with Crippen LogP contribution in [0.4, 0.5) is 5.69 Å². The highest BCUT2D eigenvalue weighted by atomic mass is 32.1. The molecule has 1 aliphatic rings. The van der Waals surface area contributed by atoms with E-state index in [0.717, 1.165) is 17.7 Å². The van der Waals surface area contributed by atoms with E-state index in [2.05, 4.69) is 0 Å². The van der Waals surface area contributed by atoms with Gasteiger partial charge in [-0.1, -0.05) is 18.2 Å². The molecule has 0 radical (unpaired) electrons. The maximum atomic E-state index is 12.1. The topological polar surface area (TPSA) is 63.4 Å². The number of nitrogens with zero attached hydrogens (tertiary/aromatic N) is 1. The molecule has 2 rings (SSSR count). The lowest BCUT2D eigenvalue weighted by atomic mass is 10.1. The van der Waals surface area contributed by atoms with Gasteiger partial charge in [0.25, 0.3) is 0 Å². The first-order valence-corrected chi connectivity index (χ1v) is 5.74. The lowest BCUT2D eigenvalue weighted by Gasteiger charge is -2.23. The van der Waals surface area contributed by atoms with Crippen molar-refractivity contribution in [1.82, 2.24) is 0 Å². The Morgan fingerprint density at radius 2 is 2.11 bits per heavy atom. The van der Waals surface area contributed by atoms with Crippen molar-refractivity contribution in [2.75, 3.05) is 11.4 Å². The number of rotatable bonds is 2. The van der Waals surface area contributed by atoms with Gasteiger partial charge in [-0.05, 0) is 31.4 Å². The molecule has 0 bridgehead atoms. The summed E-state index contributed by atoms with van der Waals surface area (Å²) in [5.74, 6) is -0.201. The molecule has 0 aromatic heterocycles.